The van der Waals surface area contributed by atoms with Crippen molar-refractivity contribution in [3.63, 3.8) is 0 Å². The van der Waals surface area contributed by atoms with Gasteiger partial charge in [-0.25, -0.2) is 19.7 Å². The van der Waals surface area contributed by atoms with Gasteiger partial charge in [0.25, 0.3) is 0 Å². The zero-order valence-electron chi connectivity index (χ0n) is 15.4. The molecule has 2 aromatic rings. The van der Waals surface area contributed by atoms with Gasteiger partial charge in [0.2, 0.25) is 5.91 Å². The minimum absolute atomic E-state index is 0.0873. The summed E-state index contributed by atoms with van der Waals surface area (Å²) < 4.78 is 37.4. The molecule has 2 aliphatic heterocycles. The number of aromatic nitrogens is 4. The number of amides is 1. The minimum atomic E-state index is -4.41. The van der Waals surface area contributed by atoms with Crippen molar-refractivity contribution in [1.29, 1.82) is 0 Å². The molecule has 0 radical (unpaired) electrons. The van der Waals surface area contributed by atoms with Gasteiger partial charge in [0.1, 0.15) is 24.6 Å². The molecule has 2 aliphatic rings. The van der Waals surface area contributed by atoms with Crippen molar-refractivity contribution >= 4 is 33.2 Å². The Balaban J connectivity index is 1.79. The van der Waals surface area contributed by atoms with E-state index >= 15 is 0 Å². The van der Waals surface area contributed by atoms with Crippen LogP contribution in [0.25, 0.3) is 11.2 Å². The van der Waals surface area contributed by atoms with Gasteiger partial charge in [-0.05, 0) is 12.3 Å². The van der Waals surface area contributed by atoms with Crippen molar-refractivity contribution in [2.24, 2.45) is 0 Å². The normalized spacial score (nSPS) is 29.2. The standard InChI is InChI=1S/C16H18N6O7S/c17-14-11-15(19-7-18-14)22-9(20-11)4-2-1-3-5-10(23)21-30(26,27)28-6-8-12(24)13(25)16(22)29-8/h7-8,12-13,16,24-25H,1,3,5-6H2,(H,21,23)(H2,17,18,19)/t8-,12-,13-,16-/m1/s1. The Bertz CT molecular complexity index is 1150. The topological polar surface area (TPSA) is 192 Å². The number of carbonyl (C=O) groups is 1. The highest BCUT2D eigenvalue weighted by Gasteiger charge is 2.46. The predicted molar refractivity (Wildman–Crippen MR) is 99.4 cm³/mol. The third kappa shape index (κ3) is 3.80. The van der Waals surface area contributed by atoms with Crippen molar-refractivity contribution in [3.8, 4) is 11.8 Å². The highest BCUT2D eigenvalue weighted by Crippen LogP contribution is 2.33. The molecular formula is C16H18N6O7S. The summed E-state index contributed by atoms with van der Waals surface area (Å²) in [6, 6.07) is 0. The summed E-state index contributed by atoms with van der Waals surface area (Å²) in [5, 5.41) is 20.9. The summed E-state index contributed by atoms with van der Waals surface area (Å²) in [4.78, 5) is 24.1. The lowest BCUT2D eigenvalue weighted by atomic mass is 10.1. The maximum Gasteiger partial charge on any atom is 0.362 e. The van der Waals surface area contributed by atoms with Gasteiger partial charge < -0.3 is 20.7 Å². The first-order chi connectivity index (χ1) is 14.3. The zero-order chi connectivity index (χ0) is 21.5. The first-order valence-corrected chi connectivity index (χ1v) is 10.4. The van der Waals surface area contributed by atoms with E-state index in [0.29, 0.717) is 6.42 Å². The van der Waals surface area contributed by atoms with Gasteiger partial charge in [0.15, 0.2) is 29.0 Å². The highest BCUT2D eigenvalue weighted by molar-refractivity contribution is 7.85. The lowest BCUT2D eigenvalue weighted by molar-refractivity contribution is -0.119. The average Bonchev–Trinajstić information content (AvgIpc) is 3.18. The molecule has 0 unspecified atom stereocenters. The average molecular weight is 438 g/mol. The molecule has 1 amide bonds. The molecule has 4 heterocycles. The van der Waals surface area contributed by atoms with Gasteiger partial charge in [0, 0.05) is 12.8 Å². The molecule has 30 heavy (non-hydrogen) atoms. The summed E-state index contributed by atoms with van der Waals surface area (Å²) in [5.41, 5.74) is 6.31. The molecule has 160 valence electrons. The Hall–Kier alpha value is -2.83. The van der Waals surface area contributed by atoms with E-state index in [4.69, 9.17) is 14.7 Å². The summed E-state index contributed by atoms with van der Waals surface area (Å²) in [7, 11) is -4.41. The maximum atomic E-state index is 11.9. The number of nitrogens with zero attached hydrogens (tertiary/aromatic N) is 4. The quantitative estimate of drug-likeness (QED) is 0.331. The molecule has 0 aliphatic carbocycles. The lowest BCUT2D eigenvalue weighted by Gasteiger charge is -2.17. The smallest absolute Gasteiger partial charge is 0.362 e. The lowest BCUT2D eigenvalue weighted by Crippen LogP contribution is -2.37. The van der Waals surface area contributed by atoms with E-state index in [0.717, 1.165) is 0 Å². The summed E-state index contributed by atoms with van der Waals surface area (Å²) in [6.45, 7) is -0.637. The Morgan fingerprint density at radius 1 is 1.30 bits per heavy atom. The number of aliphatic hydroxyl groups excluding tert-OH is 2. The fraction of sp³-hybridized carbons (Fsp3) is 0.500. The molecule has 5 N–H and O–H groups in total. The monoisotopic (exact) mass is 438 g/mol. The molecule has 14 heteroatoms. The van der Waals surface area contributed by atoms with Gasteiger partial charge in [-0.15, -0.1) is 0 Å². The van der Waals surface area contributed by atoms with Crippen LogP contribution in [-0.2, 0) is 24.0 Å². The van der Waals surface area contributed by atoms with Crippen LogP contribution in [0.2, 0.25) is 0 Å². The summed E-state index contributed by atoms with van der Waals surface area (Å²) >= 11 is 0. The fourth-order valence-corrected chi connectivity index (χ4v) is 3.94. The molecule has 0 aromatic carbocycles. The number of rotatable bonds is 0. The second-order valence-corrected chi connectivity index (χ2v) is 8.05. The molecular weight excluding hydrogens is 420 g/mol. The third-order valence-electron chi connectivity index (χ3n) is 4.63. The van der Waals surface area contributed by atoms with Gasteiger partial charge >= 0.3 is 10.3 Å². The molecule has 0 spiro atoms. The van der Waals surface area contributed by atoms with Crippen LogP contribution in [0.15, 0.2) is 6.33 Å². The number of hydrogen-bond donors (Lipinski definition) is 4. The van der Waals surface area contributed by atoms with Crippen molar-refractivity contribution < 1.29 is 32.3 Å². The third-order valence-corrected chi connectivity index (χ3v) is 5.55. The number of nitrogens with one attached hydrogen (secondary N) is 1. The van der Waals surface area contributed by atoms with E-state index in [-0.39, 0.29) is 35.6 Å². The van der Waals surface area contributed by atoms with Crippen LogP contribution in [0.1, 0.15) is 31.3 Å². The molecule has 1 saturated heterocycles. The zero-order valence-corrected chi connectivity index (χ0v) is 16.2. The van der Waals surface area contributed by atoms with Crippen LogP contribution in [0.3, 0.4) is 0 Å². The molecule has 4 rings (SSSR count). The van der Waals surface area contributed by atoms with Crippen molar-refractivity contribution in [2.75, 3.05) is 12.3 Å². The number of aliphatic hydroxyl groups is 2. The Morgan fingerprint density at radius 3 is 2.90 bits per heavy atom. The second kappa shape index (κ2) is 7.78. The van der Waals surface area contributed by atoms with Crippen LogP contribution >= 0.6 is 0 Å². The summed E-state index contributed by atoms with van der Waals surface area (Å²) in [6.07, 6.45) is -3.71. The van der Waals surface area contributed by atoms with Crippen LogP contribution in [0.5, 0.6) is 0 Å². The molecule has 4 atom stereocenters. The van der Waals surface area contributed by atoms with Gasteiger partial charge in [0.05, 0.1) is 6.61 Å². The van der Waals surface area contributed by atoms with Crippen LogP contribution in [0, 0.1) is 11.8 Å². The number of anilines is 1. The van der Waals surface area contributed by atoms with E-state index in [1.165, 1.54) is 10.9 Å². The Labute approximate surface area is 170 Å². The van der Waals surface area contributed by atoms with Crippen LogP contribution in [0.4, 0.5) is 5.82 Å². The Morgan fingerprint density at radius 2 is 2.10 bits per heavy atom. The number of nitrogen functional groups attached to an aromatic ring is 1. The maximum absolute atomic E-state index is 11.9. The van der Waals surface area contributed by atoms with E-state index in [1.54, 1.807) is 4.72 Å². The number of ether oxygens (including phenoxy) is 1. The predicted octanol–water partition coefficient (Wildman–Crippen LogP) is -2.06. The molecule has 13 nitrogen and oxygen atoms in total. The molecule has 2 aromatic heterocycles. The molecule has 0 saturated carbocycles. The van der Waals surface area contributed by atoms with E-state index in [2.05, 4.69) is 26.8 Å². The van der Waals surface area contributed by atoms with Gasteiger partial charge in [-0.3, -0.25) is 13.5 Å². The van der Waals surface area contributed by atoms with Gasteiger partial charge in [-0.1, -0.05) is 5.92 Å². The first kappa shape index (κ1) is 20.4. The number of nitrogens with two attached hydrogens (primary N) is 1. The second-order valence-electron chi connectivity index (χ2n) is 6.70. The van der Waals surface area contributed by atoms with E-state index < -0.39 is 47.4 Å². The minimum Gasteiger partial charge on any atom is -0.387 e. The van der Waals surface area contributed by atoms with E-state index in [9.17, 15) is 23.4 Å². The summed E-state index contributed by atoms with van der Waals surface area (Å²) in [5.74, 6) is 5.15. The van der Waals surface area contributed by atoms with Crippen molar-refractivity contribution in [3.05, 3.63) is 12.2 Å². The first-order valence-electron chi connectivity index (χ1n) is 8.95. The molecule has 2 bridgehead atoms. The number of fused-ring (bicyclic) bond motifs is 6. The number of imidazole rings is 1. The molecule has 1 fully saturated rings. The largest absolute Gasteiger partial charge is 0.387 e. The Kier molecular flexibility index (Phi) is 5.30. The van der Waals surface area contributed by atoms with Crippen molar-refractivity contribution in [1.82, 2.24) is 24.2 Å². The number of carbonyl (C=O) groups excluding carboxylic acids is 1. The fourth-order valence-electron chi connectivity index (χ4n) is 3.19. The van der Waals surface area contributed by atoms with Crippen LogP contribution < -0.4 is 10.5 Å². The van der Waals surface area contributed by atoms with Gasteiger partial charge in [-0.2, -0.15) is 8.42 Å². The SMILES string of the molecule is Nc1ncnc2c1nc1n2[C@@H]2O[C@H](COS(=O)(=O)NC(=O)CCCC#C1)[C@@H](O)[C@H]2O. The van der Waals surface area contributed by atoms with Crippen molar-refractivity contribution in [2.45, 2.75) is 43.8 Å². The van der Waals surface area contributed by atoms with E-state index in [1.807, 2.05) is 0 Å². The highest BCUT2D eigenvalue weighted by atomic mass is 32.2. The number of hydrogen-bond acceptors (Lipinski definition) is 11. The van der Waals surface area contributed by atoms with Crippen LogP contribution in [-0.4, -0.2) is 69.0 Å².